The molecule has 0 radical (unpaired) electrons. The molecule has 246 valence electrons. The summed E-state index contributed by atoms with van der Waals surface area (Å²) in [7, 11) is 2.15. The van der Waals surface area contributed by atoms with E-state index in [0.717, 1.165) is 39.9 Å². The van der Waals surface area contributed by atoms with Crippen LogP contribution < -0.4 is 5.32 Å². The molecule has 7 nitrogen and oxygen atoms in total. The predicted octanol–water partition coefficient (Wildman–Crippen LogP) is 7.66. The van der Waals surface area contributed by atoms with Crippen molar-refractivity contribution in [3.05, 3.63) is 161 Å². The molecule has 1 aliphatic rings. The number of amides is 1. The summed E-state index contributed by atoms with van der Waals surface area (Å²) in [6, 6.07) is 38.8. The van der Waals surface area contributed by atoms with Crippen molar-refractivity contribution in [3.8, 4) is 11.1 Å². The third kappa shape index (κ3) is 7.89. The molecule has 0 spiro atoms. The number of hydrogen-bond acceptors (Lipinski definition) is 6. The van der Waals surface area contributed by atoms with Crippen molar-refractivity contribution in [3.63, 3.8) is 0 Å². The van der Waals surface area contributed by atoms with E-state index in [1.165, 1.54) is 5.56 Å². The molecule has 1 aromatic heterocycles. The van der Waals surface area contributed by atoms with Gasteiger partial charge in [0, 0.05) is 43.0 Å². The highest BCUT2D eigenvalue weighted by atomic mass is 16.7. The minimum absolute atomic E-state index is 0.00713. The van der Waals surface area contributed by atoms with E-state index in [1.54, 1.807) is 24.5 Å². The SMILES string of the molecule is CC1C(CN(C)C(C)c2ccccc2)OC(c2ccc(-c3cccc(CNC(=O)c4cccnc4)c3)cc2)OC1c1ccc(CO)cc1. The molecule has 2 N–H and O–H groups in total. The number of aliphatic hydroxyl groups is 1. The lowest BCUT2D eigenvalue weighted by Gasteiger charge is -2.43. The Morgan fingerprint density at radius 3 is 2.31 bits per heavy atom. The Bertz CT molecular complexity index is 1760. The molecular formula is C41H43N3O4. The van der Waals surface area contributed by atoms with Gasteiger partial charge in [-0.2, -0.15) is 0 Å². The van der Waals surface area contributed by atoms with Crippen LogP contribution in [0, 0.1) is 5.92 Å². The van der Waals surface area contributed by atoms with Crippen LogP contribution in [0.2, 0.25) is 0 Å². The number of nitrogens with one attached hydrogen (secondary N) is 1. The maximum atomic E-state index is 12.5. The fourth-order valence-corrected chi connectivity index (χ4v) is 6.23. The van der Waals surface area contributed by atoms with Gasteiger partial charge in [0.25, 0.3) is 5.91 Å². The van der Waals surface area contributed by atoms with Gasteiger partial charge >= 0.3 is 0 Å². The Balaban J connectivity index is 1.19. The van der Waals surface area contributed by atoms with Crippen LogP contribution in [0.5, 0.6) is 0 Å². The second-order valence-electron chi connectivity index (χ2n) is 12.6. The average Bonchev–Trinajstić information content (AvgIpc) is 3.15. The number of rotatable bonds is 11. The second-order valence-corrected chi connectivity index (χ2v) is 12.6. The van der Waals surface area contributed by atoms with Gasteiger partial charge in [0.05, 0.1) is 24.4 Å². The number of carbonyl (C=O) groups excluding carboxylic acids is 1. The number of nitrogens with zero attached hydrogens (tertiary/aromatic N) is 2. The molecule has 7 heteroatoms. The third-order valence-corrected chi connectivity index (χ3v) is 9.35. The van der Waals surface area contributed by atoms with E-state index < -0.39 is 6.29 Å². The van der Waals surface area contributed by atoms with Crippen molar-refractivity contribution in [1.29, 1.82) is 0 Å². The van der Waals surface area contributed by atoms with E-state index in [2.05, 4.69) is 109 Å². The van der Waals surface area contributed by atoms with E-state index in [1.807, 2.05) is 30.3 Å². The number of hydrogen-bond donors (Lipinski definition) is 2. The molecule has 0 saturated carbocycles. The highest BCUT2D eigenvalue weighted by molar-refractivity contribution is 5.93. The first-order chi connectivity index (χ1) is 23.4. The highest BCUT2D eigenvalue weighted by Gasteiger charge is 2.39. The normalized spacial score (nSPS) is 19.9. The summed E-state index contributed by atoms with van der Waals surface area (Å²) >= 11 is 0. The molecule has 0 bridgehead atoms. The van der Waals surface area contributed by atoms with Crippen LogP contribution in [0.1, 0.15) is 70.5 Å². The molecule has 5 aromatic rings. The zero-order chi connectivity index (χ0) is 33.5. The number of benzene rings is 4. The average molecular weight is 642 g/mol. The Morgan fingerprint density at radius 1 is 0.854 bits per heavy atom. The minimum Gasteiger partial charge on any atom is -0.392 e. The topological polar surface area (TPSA) is 83.9 Å². The van der Waals surface area contributed by atoms with Crippen LogP contribution in [0.15, 0.2) is 128 Å². The molecule has 1 aliphatic heterocycles. The van der Waals surface area contributed by atoms with Gasteiger partial charge in [0.2, 0.25) is 0 Å². The van der Waals surface area contributed by atoms with Gasteiger partial charge in [-0.05, 0) is 65.6 Å². The number of aliphatic hydroxyl groups excluding tert-OH is 1. The van der Waals surface area contributed by atoms with E-state index in [4.69, 9.17) is 9.47 Å². The Morgan fingerprint density at radius 2 is 1.60 bits per heavy atom. The summed E-state index contributed by atoms with van der Waals surface area (Å²) in [6.45, 7) is 5.59. The van der Waals surface area contributed by atoms with Crippen molar-refractivity contribution in [2.24, 2.45) is 5.92 Å². The van der Waals surface area contributed by atoms with E-state index in [0.29, 0.717) is 12.1 Å². The summed E-state index contributed by atoms with van der Waals surface area (Å²) in [5.74, 6) is -0.0615. The highest BCUT2D eigenvalue weighted by Crippen LogP contribution is 2.42. The number of pyridine rings is 1. The van der Waals surface area contributed by atoms with Gasteiger partial charge in [0.15, 0.2) is 6.29 Å². The van der Waals surface area contributed by atoms with Gasteiger partial charge in [-0.15, -0.1) is 0 Å². The maximum Gasteiger partial charge on any atom is 0.253 e. The van der Waals surface area contributed by atoms with Crippen LogP contribution in [0.3, 0.4) is 0 Å². The van der Waals surface area contributed by atoms with Crippen molar-refractivity contribution in [2.75, 3.05) is 13.6 Å². The van der Waals surface area contributed by atoms with Crippen molar-refractivity contribution in [1.82, 2.24) is 15.2 Å². The van der Waals surface area contributed by atoms with E-state index in [-0.39, 0.29) is 36.7 Å². The van der Waals surface area contributed by atoms with Gasteiger partial charge in [0.1, 0.15) is 0 Å². The molecule has 1 amide bonds. The third-order valence-electron chi connectivity index (χ3n) is 9.35. The first-order valence-corrected chi connectivity index (χ1v) is 16.5. The fraction of sp³-hybridized carbons (Fsp3) is 0.268. The van der Waals surface area contributed by atoms with Gasteiger partial charge < -0.3 is 19.9 Å². The second kappa shape index (κ2) is 15.5. The maximum absolute atomic E-state index is 12.5. The van der Waals surface area contributed by atoms with Crippen molar-refractivity contribution < 1.29 is 19.4 Å². The molecule has 48 heavy (non-hydrogen) atoms. The zero-order valence-corrected chi connectivity index (χ0v) is 27.7. The summed E-state index contributed by atoms with van der Waals surface area (Å²) in [6.07, 6.45) is 2.41. The zero-order valence-electron chi connectivity index (χ0n) is 27.7. The van der Waals surface area contributed by atoms with E-state index >= 15 is 0 Å². The quantitative estimate of drug-likeness (QED) is 0.154. The van der Waals surface area contributed by atoms with Crippen LogP contribution >= 0.6 is 0 Å². The Labute approximate surface area is 283 Å². The standard InChI is InChI=1S/C41H43N3O4/c1-28-38(26-44(3)29(2)32-10-5-4-6-11-32)47-41(48-39(28)34-16-14-30(27-45)15-17-34)35-20-18-33(19-21-35)36-12-7-9-31(23-36)24-43-40(46)37-13-8-22-42-25-37/h4-23,25,28-29,38-39,41,45H,24,26-27H2,1-3H3,(H,43,46). The van der Waals surface area contributed by atoms with Crippen LogP contribution in [-0.2, 0) is 22.6 Å². The largest absolute Gasteiger partial charge is 0.392 e. The van der Waals surface area contributed by atoms with Crippen LogP contribution in [0.4, 0.5) is 0 Å². The van der Waals surface area contributed by atoms with Crippen LogP contribution in [-0.4, -0.2) is 40.6 Å². The van der Waals surface area contributed by atoms with E-state index in [9.17, 15) is 9.90 Å². The number of likely N-dealkylation sites (N-methyl/N-ethyl adjacent to an activating group) is 1. The Hall–Kier alpha value is -4.66. The molecule has 0 aliphatic carbocycles. The molecule has 4 aromatic carbocycles. The molecule has 6 rings (SSSR count). The summed E-state index contributed by atoms with van der Waals surface area (Å²) in [5.41, 5.74) is 7.83. The predicted molar refractivity (Wildman–Crippen MR) is 188 cm³/mol. The van der Waals surface area contributed by atoms with Gasteiger partial charge in [-0.3, -0.25) is 14.7 Å². The lowest BCUT2D eigenvalue weighted by Crippen LogP contribution is -2.44. The van der Waals surface area contributed by atoms with Gasteiger partial charge in [-0.25, -0.2) is 0 Å². The van der Waals surface area contributed by atoms with Crippen molar-refractivity contribution >= 4 is 5.91 Å². The first kappa shape index (κ1) is 33.2. The number of carbonyl (C=O) groups is 1. The lowest BCUT2D eigenvalue weighted by atomic mass is 9.89. The van der Waals surface area contributed by atoms with Crippen molar-refractivity contribution in [2.45, 2.75) is 51.5 Å². The first-order valence-electron chi connectivity index (χ1n) is 16.5. The summed E-state index contributed by atoms with van der Waals surface area (Å²) in [4.78, 5) is 18.9. The Kier molecular flexibility index (Phi) is 10.7. The molecule has 5 unspecified atom stereocenters. The number of ether oxygens (including phenoxy) is 2. The molecule has 2 heterocycles. The summed E-state index contributed by atoms with van der Waals surface area (Å²) < 4.78 is 13.5. The summed E-state index contributed by atoms with van der Waals surface area (Å²) in [5, 5.41) is 12.6. The molecule has 5 atom stereocenters. The molecule has 1 fully saturated rings. The monoisotopic (exact) mass is 641 g/mol. The minimum atomic E-state index is -0.544. The number of aromatic nitrogens is 1. The fourth-order valence-electron chi connectivity index (χ4n) is 6.23. The molecule has 1 saturated heterocycles. The van der Waals surface area contributed by atoms with Crippen LogP contribution in [0.25, 0.3) is 11.1 Å². The lowest BCUT2D eigenvalue weighted by molar-refractivity contribution is -0.276. The smallest absolute Gasteiger partial charge is 0.253 e. The molecular weight excluding hydrogens is 598 g/mol. The van der Waals surface area contributed by atoms with Gasteiger partial charge in [-0.1, -0.05) is 104 Å².